The number of nitrogens with two attached hydrogens (primary N) is 1. The zero-order valence-corrected chi connectivity index (χ0v) is 9.18. The third-order valence-electron chi connectivity index (χ3n) is 2.63. The number of rotatable bonds is 7. The van der Waals surface area contributed by atoms with Crippen LogP contribution in [-0.4, -0.2) is 12.3 Å². The quantitative estimate of drug-likeness (QED) is 0.489. The molecule has 1 atom stereocenters. The zero-order chi connectivity index (χ0) is 10.3. The lowest BCUT2D eigenvalue weighted by molar-refractivity contribution is -0.115. The zero-order valence-electron chi connectivity index (χ0n) is 9.18. The van der Waals surface area contributed by atoms with E-state index >= 15 is 0 Å². The Kier molecular flexibility index (Phi) is 5.97. The highest BCUT2D eigenvalue weighted by molar-refractivity contribution is 5.59. The van der Waals surface area contributed by atoms with Gasteiger partial charge in [-0.25, -0.2) is 0 Å². The largest absolute Gasteiger partial charge is 0.327 e. The third kappa shape index (κ3) is 5.04. The maximum absolute atomic E-state index is 10.7. The maximum Gasteiger partial charge on any atom is 0.127 e. The molecule has 0 aromatic rings. The fourth-order valence-electron chi connectivity index (χ4n) is 1.25. The van der Waals surface area contributed by atoms with Crippen LogP contribution < -0.4 is 5.73 Å². The van der Waals surface area contributed by atoms with Gasteiger partial charge in [-0.1, -0.05) is 46.5 Å². The molecule has 2 nitrogen and oxygen atoms in total. The van der Waals surface area contributed by atoms with E-state index in [1.54, 1.807) is 0 Å². The van der Waals surface area contributed by atoms with Crippen molar-refractivity contribution in [2.24, 2.45) is 11.1 Å². The SMILES string of the molecule is CCCCCCC(N)C(C)(C)C=O. The van der Waals surface area contributed by atoms with E-state index in [0.29, 0.717) is 0 Å². The van der Waals surface area contributed by atoms with Crippen LogP contribution in [-0.2, 0) is 4.79 Å². The molecule has 0 aliphatic rings. The molecular weight excluding hydrogens is 162 g/mol. The van der Waals surface area contributed by atoms with Gasteiger partial charge in [-0.3, -0.25) is 0 Å². The van der Waals surface area contributed by atoms with Crippen LogP contribution in [0.5, 0.6) is 0 Å². The van der Waals surface area contributed by atoms with Gasteiger partial charge < -0.3 is 10.5 Å². The van der Waals surface area contributed by atoms with Crippen LogP contribution >= 0.6 is 0 Å². The minimum Gasteiger partial charge on any atom is -0.327 e. The Morgan fingerprint density at radius 2 is 1.92 bits per heavy atom. The van der Waals surface area contributed by atoms with E-state index in [-0.39, 0.29) is 11.5 Å². The number of carbonyl (C=O) groups excluding carboxylic acids is 1. The normalized spacial score (nSPS) is 14.2. The van der Waals surface area contributed by atoms with Crippen LogP contribution in [0.1, 0.15) is 52.9 Å². The summed E-state index contributed by atoms with van der Waals surface area (Å²) in [6, 6.07) is 0.0156. The second-order valence-corrected chi connectivity index (χ2v) is 4.40. The molecule has 0 fully saturated rings. The van der Waals surface area contributed by atoms with Crippen LogP contribution in [0.3, 0.4) is 0 Å². The van der Waals surface area contributed by atoms with Crippen molar-refractivity contribution in [3.05, 3.63) is 0 Å². The number of carbonyl (C=O) groups is 1. The summed E-state index contributed by atoms with van der Waals surface area (Å²) in [4.78, 5) is 10.7. The van der Waals surface area contributed by atoms with Crippen LogP contribution in [0.4, 0.5) is 0 Å². The van der Waals surface area contributed by atoms with Crippen molar-refractivity contribution in [3.63, 3.8) is 0 Å². The third-order valence-corrected chi connectivity index (χ3v) is 2.63. The Morgan fingerprint density at radius 3 is 2.38 bits per heavy atom. The minimum atomic E-state index is -0.355. The summed E-state index contributed by atoms with van der Waals surface area (Å²) in [5.41, 5.74) is 5.56. The lowest BCUT2D eigenvalue weighted by Gasteiger charge is -2.25. The van der Waals surface area contributed by atoms with Gasteiger partial charge in [0.15, 0.2) is 0 Å². The van der Waals surface area contributed by atoms with Crippen molar-refractivity contribution >= 4 is 6.29 Å². The van der Waals surface area contributed by atoms with Gasteiger partial charge in [0.25, 0.3) is 0 Å². The van der Waals surface area contributed by atoms with E-state index < -0.39 is 0 Å². The first-order chi connectivity index (χ1) is 6.04. The Hall–Kier alpha value is -0.370. The molecule has 0 amide bonds. The van der Waals surface area contributed by atoms with Crippen LogP contribution in [0.25, 0.3) is 0 Å². The summed E-state index contributed by atoms with van der Waals surface area (Å²) in [6.07, 6.45) is 6.83. The van der Waals surface area contributed by atoms with Gasteiger partial charge in [-0.2, -0.15) is 0 Å². The second-order valence-electron chi connectivity index (χ2n) is 4.40. The fourth-order valence-corrected chi connectivity index (χ4v) is 1.25. The van der Waals surface area contributed by atoms with Crippen molar-refractivity contribution < 1.29 is 4.79 Å². The molecule has 0 aliphatic carbocycles. The molecule has 0 spiro atoms. The topological polar surface area (TPSA) is 43.1 Å². The predicted molar refractivity (Wildman–Crippen MR) is 56.6 cm³/mol. The molecule has 0 saturated heterocycles. The summed E-state index contributed by atoms with van der Waals surface area (Å²) in [6.45, 7) is 6.00. The average molecular weight is 185 g/mol. The van der Waals surface area contributed by atoms with Gasteiger partial charge in [-0.05, 0) is 6.42 Å². The molecule has 13 heavy (non-hydrogen) atoms. The Bertz CT molecular complexity index is 143. The van der Waals surface area contributed by atoms with Crippen LogP contribution in [0.15, 0.2) is 0 Å². The molecule has 0 radical (unpaired) electrons. The summed E-state index contributed by atoms with van der Waals surface area (Å²) < 4.78 is 0. The molecule has 0 rings (SSSR count). The lowest BCUT2D eigenvalue weighted by atomic mass is 9.84. The molecule has 0 bridgehead atoms. The van der Waals surface area contributed by atoms with E-state index in [1.807, 2.05) is 13.8 Å². The molecule has 1 unspecified atom stereocenters. The van der Waals surface area contributed by atoms with Gasteiger partial charge in [-0.15, -0.1) is 0 Å². The lowest BCUT2D eigenvalue weighted by Crippen LogP contribution is -2.38. The van der Waals surface area contributed by atoms with E-state index in [0.717, 1.165) is 19.1 Å². The second kappa shape index (κ2) is 6.14. The van der Waals surface area contributed by atoms with E-state index in [9.17, 15) is 4.79 Å². The number of hydrogen-bond donors (Lipinski definition) is 1. The van der Waals surface area contributed by atoms with Gasteiger partial charge in [0.1, 0.15) is 6.29 Å². The van der Waals surface area contributed by atoms with Crippen LogP contribution in [0, 0.1) is 5.41 Å². The van der Waals surface area contributed by atoms with Crippen molar-refractivity contribution in [2.75, 3.05) is 0 Å². The monoisotopic (exact) mass is 185 g/mol. The Morgan fingerprint density at radius 1 is 1.31 bits per heavy atom. The smallest absolute Gasteiger partial charge is 0.127 e. The van der Waals surface area contributed by atoms with Crippen LogP contribution in [0.2, 0.25) is 0 Å². The van der Waals surface area contributed by atoms with Crippen molar-refractivity contribution in [2.45, 2.75) is 58.9 Å². The number of aldehydes is 1. The number of unbranched alkanes of at least 4 members (excludes halogenated alkanes) is 3. The Balaban J connectivity index is 3.61. The summed E-state index contributed by atoms with van der Waals surface area (Å²) >= 11 is 0. The summed E-state index contributed by atoms with van der Waals surface area (Å²) in [7, 11) is 0. The first-order valence-electron chi connectivity index (χ1n) is 5.26. The molecule has 2 heteroatoms. The van der Waals surface area contributed by atoms with Crippen molar-refractivity contribution in [1.29, 1.82) is 0 Å². The van der Waals surface area contributed by atoms with Crippen molar-refractivity contribution in [3.8, 4) is 0 Å². The molecule has 0 heterocycles. The summed E-state index contributed by atoms with van der Waals surface area (Å²) in [5, 5.41) is 0. The first kappa shape index (κ1) is 12.6. The van der Waals surface area contributed by atoms with E-state index in [1.165, 1.54) is 19.3 Å². The highest BCUT2D eigenvalue weighted by Gasteiger charge is 2.24. The average Bonchev–Trinajstić information content (AvgIpc) is 2.12. The van der Waals surface area contributed by atoms with Gasteiger partial charge in [0, 0.05) is 11.5 Å². The molecule has 0 aromatic heterocycles. The minimum absolute atomic E-state index is 0.0156. The number of hydrogen-bond acceptors (Lipinski definition) is 2. The first-order valence-corrected chi connectivity index (χ1v) is 5.26. The van der Waals surface area contributed by atoms with Gasteiger partial charge in [0.05, 0.1) is 0 Å². The molecular formula is C11H23NO. The standard InChI is InChI=1S/C11H23NO/c1-4-5-6-7-8-10(12)11(2,3)9-13/h9-10H,4-8,12H2,1-3H3. The van der Waals surface area contributed by atoms with Gasteiger partial charge in [0.2, 0.25) is 0 Å². The highest BCUT2D eigenvalue weighted by atomic mass is 16.1. The summed E-state index contributed by atoms with van der Waals surface area (Å²) in [5.74, 6) is 0. The predicted octanol–water partition coefficient (Wildman–Crippen LogP) is 2.51. The van der Waals surface area contributed by atoms with E-state index in [4.69, 9.17) is 5.73 Å². The van der Waals surface area contributed by atoms with Gasteiger partial charge >= 0.3 is 0 Å². The van der Waals surface area contributed by atoms with E-state index in [2.05, 4.69) is 6.92 Å². The highest BCUT2D eigenvalue weighted by Crippen LogP contribution is 2.20. The molecule has 2 N–H and O–H groups in total. The molecule has 0 saturated carbocycles. The molecule has 0 aromatic carbocycles. The fraction of sp³-hybridized carbons (Fsp3) is 0.909. The Labute approximate surface area is 81.9 Å². The molecule has 0 aliphatic heterocycles. The van der Waals surface area contributed by atoms with Crippen molar-refractivity contribution in [1.82, 2.24) is 0 Å². The maximum atomic E-state index is 10.7. The molecule has 78 valence electrons.